The topological polar surface area (TPSA) is 52.8 Å². The van der Waals surface area contributed by atoms with Crippen molar-refractivity contribution in [3.05, 3.63) is 59.7 Å². The van der Waals surface area contributed by atoms with E-state index in [1.807, 2.05) is 30.3 Å². The summed E-state index contributed by atoms with van der Waals surface area (Å²) >= 11 is 0. The van der Waals surface area contributed by atoms with Crippen LogP contribution in [0.4, 0.5) is 4.39 Å². The van der Waals surface area contributed by atoms with Gasteiger partial charge in [-0.2, -0.15) is 5.10 Å². The average Bonchev–Trinajstić information content (AvgIpc) is 3.02. The summed E-state index contributed by atoms with van der Waals surface area (Å²) < 4.78 is 20.2. The van der Waals surface area contributed by atoms with E-state index in [0.717, 1.165) is 11.3 Å². The van der Waals surface area contributed by atoms with Crippen LogP contribution in [-0.4, -0.2) is 33.0 Å². The largest absolute Gasteiger partial charge is 0.493 e. The predicted octanol–water partition coefficient (Wildman–Crippen LogP) is 3.55. The summed E-state index contributed by atoms with van der Waals surface area (Å²) in [5.41, 5.74) is 3.24. The average molecular weight is 340 g/mol. The Hall–Kier alpha value is -2.76. The second-order valence-corrected chi connectivity index (χ2v) is 5.85. The third-order valence-corrected chi connectivity index (χ3v) is 4.04. The van der Waals surface area contributed by atoms with Crippen LogP contribution in [0.15, 0.2) is 42.7 Å². The van der Waals surface area contributed by atoms with Gasteiger partial charge in [-0.1, -0.05) is 6.07 Å². The third-order valence-electron chi connectivity index (χ3n) is 4.04. The van der Waals surface area contributed by atoms with Gasteiger partial charge in [0.05, 0.1) is 13.2 Å². The second kappa shape index (κ2) is 7.88. The molecule has 130 valence electrons. The first-order valence-corrected chi connectivity index (χ1v) is 8.27. The summed E-state index contributed by atoms with van der Waals surface area (Å²) in [5, 5.41) is 4.39. The summed E-state index contributed by atoms with van der Waals surface area (Å²) in [5.74, 6) is 2.09. The van der Waals surface area contributed by atoms with Crippen molar-refractivity contribution < 1.29 is 9.13 Å². The van der Waals surface area contributed by atoms with Crippen LogP contribution in [0.2, 0.25) is 0 Å². The number of ether oxygens (including phenoxy) is 1. The fraction of sp³-hybridized carbons (Fsp3) is 0.316. The maximum Gasteiger partial charge on any atom is 0.182 e. The fourth-order valence-corrected chi connectivity index (χ4v) is 2.50. The zero-order chi connectivity index (χ0) is 17.6. The zero-order valence-corrected chi connectivity index (χ0v) is 14.4. The molecule has 0 saturated carbocycles. The van der Waals surface area contributed by atoms with E-state index in [9.17, 15) is 4.39 Å². The molecule has 0 aliphatic heterocycles. The lowest BCUT2D eigenvalue weighted by Crippen LogP contribution is -2.11. The smallest absolute Gasteiger partial charge is 0.182 e. The molecule has 0 saturated heterocycles. The number of pyridine rings is 1. The lowest BCUT2D eigenvalue weighted by atomic mass is 10.1. The van der Waals surface area contributed by atoms with E-state index in [2.05, 4.69) is 28.9 Å². The van der Waals surface area contributed by atoms with Crippen molar-refractivity contribution >= 4 is 0 Å². The predicted molar refractivity (Wildman–Crippen MR) is 94.3 cm³/mol. The van der Waals surface area contributed by atoms with Crippen LogP contribution in [-0.2, 0) is 13.0 Å². The van der Waals surface area contributed by atoms with E-state index in [0.29, 0.717) is 24.7 Å². The molecule has 0 aliphatic rings. The van der Waals surface area contributed by atoms with E-state index >= 15 is 0 Å². The molecule has 1 aromatic carbocycles. The molecule has 2 aromatic heterocycles. The van der Waals surface area contributed by atoms with Crippen LogP contribution in [0.5, 0.6) is 5.75 Å². The zero-order valence-electron chi connectivity index (χ0n) is 14.4. The molecular formula is C19H21FN4O. The number of hydrogen-bond donors (Lipinski definition) is 0. The van der Waals surface area contributed by atoms with Crippen LogP contribution in [0.3, 0.4) is 0 Å². The van der Waals surface area contributed by atoms with Crippen LogP contribution in [0, 0.1) is 13.8 Å². The number of nitrogens with zero attached hydrogens (tertiary/aromatic N) is 4. The van der Waals surface area contributed by atoms with E-state index in [-0.39, 0.29) is 6.54 Å². The first-order chi connectivity index (χ1) is 12.2. The summed E-state index contributed by atoms with van der Waals surface area (Å²) in [6.45, 7) is 4.28. The standard InChI is InChI=1S/C19H21FN4O/c1-14-5-6-17(12-15(14)2)25-11-7-18-22-19(23-24(18)10-8-20)16-4-3-9-21-13-16/h3-6,9,12-13H,7-8,10-11H2,1-2H3. The Morgan fingerprint density at radius 1 is 1.16 bits per heavy atom. The number of benzene rings is 1. The number of hydrogen-bond acceptors (Lipinski definition) is 4. The Morgan fingerprint density at radius 3 is 2.76 bits per heavy atom. The summed E-state index contributed by atoms with van der Waals surface area (Å²) in [7, 11) is 0. The van der Waals surface area contributed by atoms with Crippen molar-refractivity contribution in [1.82, 2.24) is 19.7 Å². The van der Waals surface area contributed by atoms with Crippen molar-refractivity contribution in [1.29, 1.82) is 0 Å². The van der Waals surface area contributed by atoms with Gasteiger partial charge in [0.25, 0.3) is 0 Å². The molecule has 3 aromatic rings. The Labute approximate surface area is 146 Å². The van der Waals surface area contributed by atoms with Gasteiger partial charge in [-0.05, 0) is 49.2 Å². The molecule has 2 heterocycles. The van der Waals surface area contributed by atoms with Crippen molar-refractivity contribution in [2.24, 2.45) is 0 Å². The van der Waals surface area contributed by atoms with Crippen molar-refractivity contribution in [2.45, 2.75) is 26.8 Å². The van der Waals surface area contributed by atoms with E-state index in [1.54, 1.807) is 17.1 Å². The summed E-state index contributed by atoms with van der Waals surface area (Å²) in [6.07, 6.45) is 3.95. The van der Waals surface area contributed by atoms with Gasteiger partial charge < -0.3 is 4.74 Å². The normalized spacial score (nSPS) is 10.8. The molecular weight excluding hydrogens is 319 g/mol. The number of aromatic nitrogens is 4. The highest BCUT2D eigenvalue weighted by Crippen LogP contribution is 2.18. The molecule has 0 radical (unpaired) electrons. The molecule has 3 rings (SSSR count). The van der Waals surface area contributed by atoms with Crippen molar-refractivity contribution in [3.8, 4) is 17.1 Å². The summed E-state index contributed by atoms with van der Waals surface area (Å²) in [4.78, 5) is 8.60. The van der Waals surface area contributed by atoms with Gasteiger partial charge in [0.2, 0.25) is 0 Å². The molecule has 0 atom stereocenters. The van der Waals surface area contributed by atoms with Gasteiger partial charge in [0.15, 0.2) is 5.82 Å². The number of halogens is 1. The van der Waals surface area contributed by atoms with Crippen molar-refractivity contribution in [2.75, 3.05) is 13.3 Å². The number of rotatable bonds is 7. The Balaban J connectivity index is 1.70. The third kappa shape index (κ3) is 4.21. The van der Waals surface area contributed by atoms with Crippen molar-refractivity contribution in [3.63, 3.8) is 0 Å². The van der Waals surface area contributed by atoms with Gasteiger partial charge in [0.1, 0.15) is 18.2 Å². The molecule has 6 heteroatoms. The van der Waals surface area contributed by atoms with Gasteiger partial charge in [-0.3, -0.25) is 4.98 Å². The minimum absolute atomic E-state index is 0.187. The number of aryl methyl sites for hydroxylation is 3. The molecule has 0 aliphatic carbocycles. The quantitative estimate of drug-likeness (QED) is 0.660. The van der Waals surface area contributed by atoms with Crippen LogP contribution < -0.4 is 4.74 Å². The minimum Gasteiger partial charge on any atom is -0.493 e. The molecule has 25 heavy (non-hydrogen) atoms. The SMILES string of the molecule is Cc1ccc(OCCc2nc(-c3cccnc3)nn2CCF)cc1C. The van der Waals surface area contributed by atoms with Crippen LogP contribution >= 0.6 is 0 Å². The monoisotopic (exact) mass is 340 g/mol. The van der Waals surface area contributed by atoms with Gasteiger partial charge in [0, 0.05) is 24.4 Å². The molecule has 5 nitrogen and oxygen atoms in total. The minimum atomic E-state index is -0.485. The Bertz CT molecular complexity index is 833. The Kier molecular flexibility index (Phi) is 5.38. The maximum atomic E-state index is 12.8. The molecule has 0 spiro atoms. The lowest BCUT2D eigenvalue weighted by molar-refractivity contribution is 0.313. The first kappa shape index (κ1) is 17.1. The summed E-state index contributed by atoms with van der Waals surface area (Å²) in [6, 6.07) is 9.72. The Morgan fingerprint density at radius 2 is 2.04 bits per heavy atom. The fourth-order valence-electron chi connectivity index (χ4n) is 2.50. The molecule has 0 unspecified atom stereocenters. The molecule has 0 bridgehead atoms. The number of alkyl halides is 1. The van der Waals surface area contributed by atoms with Gasteiger partial charge >= 0.3 is 0 Å². The molecule has 0 N–H and O–H groups in total. The van der Waals surface area contributed by atoms with E-state index in [1.165, 1.54) is 11.1 Å². The van der Waals surface area contributed by atoms with Crippen LogP contribution in [0.25, 0.3) is 11.4 Å². The molecule has 0 amide bonds. The van der Waals surface area contributed by atoms with Crippen LogP contribution in [0.1, 0.15) is 17.0 Å². The maximum absolute atomic E-state index is 12.8. The van der Waals surface area contributed by atoms with E-state index in [4.69, 9.17) is 4.74 Å². The molecule has 0 fully saturated rings. The highest BCUT2D eigenvalue weighted by molar-refractivity contribution is 5.52. The highest BCUT2D eigenvalue weighted by atomic mass is 19.1. The lowest BCUT2D eigenvalue weighted by Gasteiger charge is -2.08. The second-order valence-electron chi connectivity index (χ2n) is 5.85. The van der Waals surface area contributed by atoms with E-state index < -0.39 is 6.67 Å². The van der Waals surface area contributed by atoms with Gasteiger partial charge in [-0.25, -0.2) is 14.1 Å². The van der Waals surface area contributed by atoms with Gasteiger partial charge in [-0.15, -0.1) is 0 Å². The highest BCUT2D eigenvalue weighted by Gasteiger charge is 2.12. The first-order valence-electron chi connectivity index (χ1n) is 8.27.